The summed E-state index contributed by atoms with van der Waals surface area (Å²) in [5, 5.41) is 11.5. The van der Waals surface area contributed by atoms with Crippen LogP contribution >= 0.6 is 0 Å². The minimum Gasteiger partial charge on any atom is -0.392 e. The summed E-state index contributed by atoms with van der Waals surface area (Å²) in [6.45, 7) is 1.97. The van der Waals surface area contributed by atoms with E-state index in [-0.39, 0.29) is 12.5 Å². The Morgan fingerprint density at radius 3 is 2.56 bits per heavy atom. The number of aliphatic hydroxyl groups is 1. The second-order valence-corrected chi connectivity index (χ2v) is 4.14. The monoisotopic (exact) mass is 248 g/mol. The molecule has 0 spiro atoms. The van der Waals surface area contributed by atoms with Crippen molar-refractivity contribution in [3.63, 3.8) is 0 Å². The maximum atomic E-state index is 11.8. The molecule has 4 heteroatoms. The third kappa shape index (κ3) is 4.30. The van der Waals surface area contributed by atoms with Crippen LogP contribution in [0.4, 0.5) is 0 Å². The highest BCUT2D eigenvalue weighted by molar-refractivity contribution is 5.95. The zero-order valence-electron chi connectivity index (χ0n) is 10.5. The first kappa shape index (κ1) is 14.4. The van der Waals surface area contributed by atoms with Gasteiger partial charge in [0.1, 0.15) is 0 Å². The number of carbonyl (C=O) groups excluding carboxylic acids is 2. The molecule has 97 valence electrons. The molecule has 0 aliphatic heterocycles. The van der Waals surface area contributed by atoms with Crippen molar-refractivity contribution in [1.82, 2.24) is 5.32 Å². The van der Waals surface area contributed by atoms with Crippen molar-refractivity contribution in [3.05, 3.63) is 35.4 Å². The quantitative estimate of drug-likeness (QED) is 0.770. The largest absolute Gasteiger partial charge is 0.392 e. The van der Waals surface area contributed by atoms with Crippen molar-refractivity contribution < 1.29 is 14.7 Å². The summed E-state index contributed by atoms with van der Waals surface area (Å²) < 4.78 is 0. The Kier molecular flexibility index (Phi) is 6.08. The highest BCUT2D eigenvalue weighted by Gasteiger charge is 2.13. The average Bonchev–Trinajstić information content (AvgIpc) is 2.43. The number of aliphatic hydroxyl groups excluding tert-OH is 1. The minimum absolute atomic E-state index is 0.0524. The normalized spacial score (nSPS) is 11.9. The molecule has 1 atom stereocenters. The molecule has 0 aliphatic carbocycles. The Balaban J connectivity index is 2.59. The molecule has 18 heavy (non-hydrogen) atoms. The Bertz CT molecular complexity index is 387. The Labute approximate surface area is 107 Å². The highest BCUT2D eigenvalue weighted by atomic mass is 16.3. The van der Waals surface area contributed by atoms with E-state index in [0.717, 1.165) is 18.4 Å². The van der Waals surface area contributed by atoms with Crippen molar-refractivity contribution in [2.45, 2.75) is 38.8 Å². The van der Waals surface area contributed by atoms with E-state index in [4.69, 9.17) is 5.11 Å². The molecule has 0 saturated heterocycles. The standard InChI is InChI=1S/C14H18NO3/c1-2-3-4-13(10-17)15-14(18)12-7-5-11(9-16)6-8-12/h5-8,13,16H,2-4,9H2,1H3,(H,15,18)/t13-/m0/s1. The molecule has 0 unspecified atom stereocenters. The number of carbonyl (C=O) groups is 1. The summed E-state index contributed by atoms with van der Waals surface area (Å²) in [5.74, 6) is -0.288. The SMILES string of the molecule is CCCC[C@@H]([C]=O)NC(=O)c1ccc(CO)cc1. The number of nitrogens with one attached hydrogen (secondary N) is 1. The van der Waals surface area contributed by atoms with Crippen LogP contribution in [-0.2, 0) is 11.4 Å². The van der Waals surface area contributed by atoms with Gasteiger partial charge in [0.15, 0.2) is 0 Å². The van der Waals surface area contributed by atoms with Gasteiger partial charge in [0.2, 0.25) is 6.29 Å². The highest BCUT2D eigenvalue weighted by Crippen LogP contribution is 2.05. The van der Waals surface area contributed by atoms with E-state index in [0.29, 0.717) is 12.0 Å². The molecule has 0 aliphatic rings. The van der Waals surface area contributed by atoms with Crippen LogP contribution < -0.4 is 5.32 Å². The second kappa shape index (κ2) is 7.61. The van der Waals surface area contributed by atoms with Gasteiger partial charge in [0.25, 0.3) is 5.91 Å². The molecule has 1 aromatic rings. The Morgan fingerprint density at radius 1 is 1.39 bits per heavy atom. The molecule has 1 aromatic carbocycles. The van der Waals surface area contributed by atoms with Crippen LogP contribution in [-0.4, -0.2) is 23.3 Å². The van der Waals surface area contributed by atoms with E-state index in [1.807, 2.05) is 13.2 Å². The molecule has 0 saturated carbocycles. The van der Waals surface area contributed by atoms with Gasteiger partial charge in [-0.2, -0.15) is 0 Å². The van der Waals surface area contributed by atoms with Crippen LogP contribution in [0.5, 0.6) is 0 Å². The lowest BCUT2D eigenvalue weighted by Gasteiger charge is -2.11. The molecule has 0 fully saturated rings. The lowest BCUT2D eigenvalue weighted by molar-refractivity contribution is 0.0944. The van der Waals surface area contributed by atoms with Crippen molar-refractivity contribution in [1.29, 1.82) is 0 Å². The summed E-state index contributed by atoms with van der Waals surface area (Å²) >= 11 is 0. The first-order valence-corrected chi connectivity index (χ1v) is 6.09. The number of benzene rings is 1. The van der Waals surface area contributed by atoms with Gasteiger partial charge in [0.05, 0.1) is 12.6 Å². The summed E-state index contributed by atoms with van der Waals surface area (Å²) in [5.41, 5.74) is 1.22. The molecular weight excluding hydrogens is 230 g/mol. The predicted octanol–water partition coefficient (Wildman–Crippen LogP) is 1.58. The molecule has 1 radical (unpaired) electrons. The van der Waals surface area contributed by atoms with E-state index < -0.39 is 6.04 Å². The van der Waals surface area contributed by atoms with Crippen LogP contribution in [0.2, 0.25) is 0 Å². The van der Waals surface area contributed by atoms with Gasteiger partial charge in [0, 0.05) is 5.56 Å². The third-order valence-corrected chi connectivity index (χ3v) is 2.69. The first-order valence-electron chi connectivity index (χ1n) is 6.09. The fraction of sp³-hybridized carbons (Fsp3) is 0.429. The maximum Gasteiger partial charge on any atom is 0.251 e. The van der Waals surface area contributed by atoms with Crippen molar-refractivity contribution >= 4 is 12.2 Å². The molecule has 1 rings (SSSR count). The Morgan fingerprint density at radius 2 is 2.06 bits per heavy atom. The molecule has 0 bridgehead atoms. The van der Waals surface area contributed by atoms with E-state index >= 15 is 0 Å². The van der Waals surface area contributed by atoms with Crippen LogP contribution in [0.1, 0.15) is 42.1 Å². The van der Waals surface area contributed by atoms with Gasteiger partial charge >= 0.3 is 0 Å². The van der Waals surface area contributed by atoms with Gasteiger partial charge in [-0.1, -0.05) is 31.9 Å². The van der Waals surface area contributed by atoms with E-state index in [1.54, 1.807) is 24.3 Å². The predicted molar refractivity (Wildman–Crippen MR) is 68.8 cm³/mol. The molecular formula is C14H18NO3. The molecule has 2 N–H and O–H groups in total. The van der Waals surface area contributed by atoms with E-state index in [9.17, 15) is 9.59 Å². The van der Waals surface area contributed by atoms with Crippen LogP contribution in [0.25, 0.3) is 0 Å². The zero-order valence-corrected chi connectivity index (χ0v) is 10.5. The van der Waals surface area contributed by atoms with Crippen LogP contribution in [0.15, 0.2) is 24.3 Å². The van der Waals surface area contributed by atoms with Gasteiger partial charge < -0.3 is 10.4 Å². The average molecular weight is 248 g/mol. The first-order chi connectivity index (χ1) is 8.71. The molecule has 4 nitrogen and oxygen atoms in total. The minimum atomic E-state index is -0.546. The lowest BCUT2D eigenvalue weighted by Crippen LogP contribution is -2.35. The van der Waals surface area contributed by atoms with Gasteiger partial charge in [-0.3, -0.25) is 9.59 Å². The molecule has 1 amide bonds. The van der Waals surface area contributed by atoms with Crippen LogP contribution in [0, 0.1) is 0 Å². The second-order valence-electron chi connectivity index (χ2n) is 4.14. The summed E-state index contributed by atoms with van der Waals surface area (Å²) in [6.07, 6.45) is 4.30. The van der Waals surface area contributed by atoms with E-state index in [2.05, 4.69) is 5.32 Å². The van der Waals surface area contributed by atoms with Gasteiger partial charge in [-0.25, -0.2) is 0 Å². The number of rotatable bonds is 7. The van der Waals surface area contributed by atoms with Gasteiger partial charge in [-0.05, 0) is 24.1 Å². The number of hydrogen-bond acceptors (Lipinski definition) is 3. The molecule has 0 aromatic heterocycles. The summed E-state index contributed by atoms with van der Waals surface area (Å²) in [6, 6.07) is 6.07. The summed E-state index contributed by atoms with van der Waals surface area (Å²) in [4.78, 5) is 22.5. The summed E-state index contributed by atoms with van der Waals surface area (Å²) in [7, 11) is 0. The number of hydrogen-bond donors (Lipinski definition) is 2. The fourth-order valence-electron chi connectivity index (χ4n) is 1.57. The van der Waals surface area contributed by atoms with Crippen molar-refractivity contribution in [3.8, 4) is 0 Å². The zero-order chi connectivity index (χ0) is 13.4. The fourth-order valence-corrected chi connectivity index (χ4v) is 1.57. The van der Waals surface area contributed by atoms with E-state index in [1.165, 1.54) is 0 Å². The number of amides is 1. The maximum absolute atomic E-state index is 11.8. The lowest BCUT2D eigenvalue weighted by atomic mass is 10.1. The van der Waals surface area contributed by atoms with Crippen LogP contribution in [0.3, 0.4) is 0 Å². The van der Waals surface area contributed by atoms with Gasteiger partial charge in [-0.15, -0.1) is 0 Å². The third-order valence-electron chi connectivity index (χ3n) is 2.69. The Hall–Kier alpha value is -1.68. The molecule has 0 heterocycles. The number of unbranched alkanes of at least 4 members (excludes halogenated alkanes) is 1. The van der Waals surface area contributed by atoms with Crippen molar-refractivity contribution in [2.75, 3.05) is 0 Å². The smallest absolute Gasteiger partial charge is 0.251 e. The topological polar surface area (TPSA) is 66.4 Å². The van der Waals surface area contributed by atoms with Crippen molar-refractivity contribution in [2.24, 2.45) is 0 Å².